The maximum atomic E-state index is 12.7. The zero-order valence-corrected chi connectivity index (χ0v) is 18.7. The average molecular weight is 445 g/mol. The van der Waals surface area contributed by atoms with Gasteiger partial charge in [0.2, 0.25) is 0 Å². The fourth-order valence-electron chi connectivity index (χ4n) is 3.61. The largest absolute Gasteiger partial charge is 0.462 e. The first-order valence-corrected chi connectivity index (χ1v) is 11.4. The molecule has 2 amide bonds. The highest BCUT2D eigenvalue weighted by molar-refractivity contribution is 7.18. The molecule has 2 N–H and O–H groups in total. The molecule has 1 aliphatic rings. The van der Waals surface area contributed by atoms with Gasteiger partial charge in [-0.1, -0.05) is 49.6 Å². The first-order chi connectivity index (χ1) is 15.0. The number of rotatable bonds is 7. The second-order valence-corrected chi connectivity index (χ2v) is 8.50. The highest BCUT2D eigenvalue weighted by Gasteiger charge is 2.28. The minimum atomic E-state index is -0.577. The van der Waals surface area contributed by atoms with Crippen molar-refractivity contribution in [3.8, 4) is 0 Å². The number of carbonyl (C=O) groups is 3. The summed E-state index contributed by atoms with van der Waals surface area (Å²) in [6, 6.07) is 9.08. The second-order valence-electron chi connectivity index (χ2n) is 7.48. The second kappa shape index (κ2) is 10.9. The lowest BCUT2D eigenvalue weighted by molar-refractivity contribution is 0.0477. The number of thiophene rings is 1. The van der Waals surface area contributed by atoms with E-state index in [4.69, 9.17) is 9.47 Å². The van der Waals surface area contributed by atoms with Crippen LogP contribution in [0.5, 0.6) is 0 Å². The van der Waals surface area contributed by atoms with Gasteiger partial charge in [0.1, 0.15) is 16.5 Å². The molecule has 3 rings (SSSR count). The fourth-order valence-corrected chi connectivity index (χ4v) is 4.69. The zero-order valence-electron chi connectivity index (χ0n) is 17.9. The predicted molar refractivity (Wildman–Crippen MR) is 120 cm³/mol. The summed E-state index contributed by atoms with van der Waals surface area (Å²) >= 11 is 1.03. The normalized spacial score (nSPS) is 14.0. The molecular weight excluding hydrogens is 416 g/mol. The Balaban J connectivity index is 1.76. The van der Waals surface area contributed by atoms with Gasteiger partial charge in [-0.3, -0.25) is 5.32 Å². The van der Waals surface area contributed by atoms with Gasteiger partial charge in [0.05, 0.1) is 12.2 Å². The van der Waals surface area contributed by atoms with Gasteiger partial charge in [-0.05, 0) is 37.8 Å². The summed E-state index contributed by atoms with van der Waals surface area (Å²) in [5, 5.41) is 5.99. The van der Waals surface area contributed by atoms with Gasteiger partial charge in [-0.2, -0.15) is 0 Å². The molecule has 1 aliphatic carbocycles. The third-order valence-electron chi connectivity index (χ3n) is 5.19. The van der Waals surface area contributed by atoms with E-state index in [0.717, 1.165) is 42.6 Å². The molecule has 0 aliphatic heterocycles. The quantitative estimate of drug-likeness (QED) is 0.583. The van der Waals surface area contributed by atoms with E-state index in [1.807, 2.05) is 30.3 Å². The molecule has 0 bridgehead atoms. The first-order valence-electron chi connectivity index (χ1n) is 10.6. The van der Waals surface area contributed by atoms with Crippen molar-refractivity contribution in [2.45, 2.75) is 58.6 Å². The molecule has 2 aromatic rings. The lowest BCUT2D eigenvalue weighted by Gasteiger charge is -2.22. The van der Waals surface area contributed by atoms with Crippen molar-refractivity contribution in [1.29, 1.82) is 0 Å². The number of hydrogen-bond acceptors (Lipinski definition) is 6. The molecule has 1 heterocycles. The molecule has 8 heteroatoms. The molecule has 166 valence electrons. The molecule has 1 aromatic heterocycles. The summed E-state index contributed by atoms with van der Waals surface area (Å²) in [6.45, 7) is 3.68. The van der Waals surface area contributed by atoms with E-state index in [0.29, 0.717) is 5.56 Å². The lowest BCUT2D eigenvalue weighted by Crippen LogP contribution is -2.39. The standard InChI is InChI=1S/C23H28N2O5S/c1-3-29-21(26)18-15(2)19(22(27)30-14-16-10-6-4-7-11-16)31-20(18)25-23(28)24-17-12-8-5-9-13-17/h4,6-7,10-11,17H,3,5,8-9,12-14H2,1-2H3,(H2,24,25,28). The Morgan fingerprint density at radius 1 is 1.03 bits per heavy atom. The maximum absolute atomic E-state index is 12.7. The number of nitrogens with one attached hydrogen (secondary N) is 2. The summed E-state index contributed by atoms with van der Waals surface area (Å²) < 4.78 is 10.6. The number of urea groups is 1. The van der Waals surface area contributed by atoms with E-state index in [2.05, 4.69) is 10.6 Å². The van der Waals surface area contributed by atoms with E-state index in [1.165, 1.54) is 6.42 Å². The summed E-state index contributed by atoms with van der Waals surface area (Å²) in [7, 11) is 0. The Morgan fingerprint density at radius 2 is 1.74 bits per heavy atom. The highest BCUT2D eigenvalue weighted by atomic mass is 32.1. The Morgan fingerprint density at radius 3 is 2.42 bits per heavy atom. The van der Waals surface area contributed by atoms with Gasteiger partial charge in [0.25, 0.3) is 0 Å². The highest BCUT2D eigenvalue weighted by Crippen LogP contribution is 2.34. The van der Waals surface area contributed by atoms with Crippen molar-refractivity contribution < 1.29 is 23.9 Å². The number of amides is 2. The minimum Gasteiger partial charge on any atom is -0.462 e. The van der Waals surface area contributed by atoms with E-state index in [-0.39, 0.29) is 40.7 Å². The molecule has 0 unspecified atom stereocenters. The minimum absolute atomic E-state index is 0.121. The lowest BCUT2D eigenvalue weighted by atomic mass is 9.96. The number of anilines is 1. The van der Waals surface area contributed by atoms with Crippen molar-refractivity contribution >= 4 is 34.3 Å². The van der Waals surface area contributed by atoms with Crippen LogP contribution in [0.4, 0.5) is 9.80 Å². The molecule has 0 saturated heterocycles. The molecule has 0 radical (unpaired) electrons. The van der Waals surface area contributed by atoms with Crippen molar-refractivity contribution in [1.82, 2.24) is 5.32 Å². The zero-order chi connectivity index (χ0) is 22.2. The van der Waals surface area contributed by atoms with Crippen LogP contribution in [0.3, 0.4) is 0 Å². The van der Waals surface area contributed by atoms with Crippen LogP contribution in [-0.2, 0) is 16.1 Å². The number of ether oxygens (including phenoxy) is 2. The van der Waals surface area contributed by atoms with E-state index in [9.17, 15) is 14.4 Å². The summed E-state index contributed by atoms with van der Waals surface area (Å²) in [6.07, 6.45) is 5.26. The first kappa shape index (κ1) is 22.8. The van der Waals surface area contributed by atoms with Gasteiger partial charge < -0.3 is 14.8 Å². The van der Waals surface area contributed by atoms with Crippen LogP contribution in [0.15, 0.2) is 30.3 Å². The van der Waals surface area contributed by atoms with Crippen LogP contribution in [0.1, 0.15) is 70.2 Å². The molecule has 7 nitrogen and oxygen atoms in total. The molecule has 1 saturated carbocycles. The van der Waals surface area contributed by atoms with Crippen LogP contribution in [0.25, 0.3) is 0 Å². The fraction of sp³-hybridized carbons (Fsp3) is 0.435. The SMILES string of the molecule is CCOC(=O)c1c(NC(=O)NC2CCCCC2)sc(C(=O)OCc2ccccc2)c1C. The van der Waals surface area contributed by atoms with Crippen LogP contribution in [0, 0.1) is 6.92 Å². The summed E-state index contributed by atoms with van der Waals surface area (Å²) in [5.41, 5.74) is 1.49. The van der Waals surface area contributed by atoms with E-state index in [1.54, 1.807) is 13.8 Å². The Kier molecular flexibility index (Phi) is 8.06. The monoisotopic (exact) mass is 444 g/mol. The maximum Gasteiger partial charge on any atom is 0.349 e. The smallest absolute Gasteiger partial charge is 0.349 e. The van der Waals surface area contributed by atoms with Crippen molar-refractivity contribution in [3.63, 3.8) is 0 Å². The van der Waals surface area contributed by atoms with Crippen molar-refractivity contribution in [2.75, 3.05) is 11.9 Å². The van der Waals surface area contributed by atoms with Crippen LogP contribution >= 0.6 is 11.3 Å². The molecule has 0 spiro atoms. The Labute approximate surface area is 186 Å². The molecule has 1 aromatic carbocycles. The van der Waals surface area contributed by atoms with Gasteiger partial charge >= 0.3 is 18.0 Å². The molecule has 1 fully saturated rings. The Hall–Kier alpha value is -2.87. The summed E-state index contributed by atoms with van der Waals surface area (Å²) in [4.78, 5) is 38.0. The summed E-state index contributed by atoms with van der Waals surface area (Å²) in [5.74, 6) is -1.12. The third kappa shape index (κ3) is 6.07. The van der Waals surface area contributed by atoms with Crippen LogP contribution in [-0.4, -0.2) is 30.6 Å². The molecule has 0 atom stereocenters. The van der Waals surface area contributed by atoms with Crippen LogP contribution < -0.4 is 10.6 Å². The average Bonchev–Trinajstić information content (AvgIpc) is 3.09. The van der Waals surface area contributed by atoms with Crippen LogP contribution in [0.2, 0.25) is 0 Å². The van der Waals surface area contributed by atoms with E-state index < -0.39 is 11.9 Å². The van der Waals surface area contributed by atoms with Gasteiger partial charge in [0.15, 0.2) is 0 Å². The number of carbonyl (C=O) groups excluding carboxylic acids is 3. The van der Waals surface area contributed by atoms with Gasteiger partial charge in [-0.25, -0.2) is 14.4 Å². The van der Waals surface area contributed by atoms with Gasteiger partial charge in [0, 0.05) is 6.04 Å². The molecule has 31 heavy (non-hydrogen) atoms. The predicted octanol–water partition coefficient (Wildman–Crippen LogP) is 5.04. The van der Waals surface area contributed by atoms with Crippen molar-refractivity contribution in [2.24, 2.45) is 0 Å². The Bertz CT molecular complexity index is 920. The third-order valence-corrected chi connectivity index (χ3v) is 6.38. The molecular formula is C23H28N2O5S. The van der Waals surface area contributed by atoms with Crippen molar-refractivity contribution in [3.05, 3.63) is 51.9 Å². The topological polar surface area (TPSA) is 93.7 Å². The number of hydrogen-bond donors (Lipinski definition) is 2. The van der Waals surface area contributed by atoms with E-state index >= 15 is 0 Å². The number of benzene rings is 1. The van der Waals surface area contributed by atoms with Gasteiger partial charge in [-0.15, -0.1) is 11.3 Å². The number of esters is 2.